The maximum atomic E-state index is 5.52. The average Bonchev–Trinajstić information content (AvgIpc) is 3.82. The molecule has 0 fully saturated rings. The van der Waals surface area contributed by atoms with Gasteiger partial charge in [0.15, 0.2) is 0 Å². The number of nitrogens with zero attached hydrogens (tertiary/aromatic N) is 4. The van der Waals surface area contributed by atoms with Gasteiger partial charge in [-0.15, -0.1) is 0 Å². The number of benzene rings is 8. The van der Waals surface area contributed by atoms with Crippen molar-refractivity contribution in [3.63, 3.8) is 0 Å². The van der Waals surface area contributed by atoms with Gasteiger partial charge in [0.1, 0.15) is 0 Å². The van der Waals surface area contributed by atoms with E-state index in [1.54, 1.807) is 0 Å². The summed E-state index contributed by atoms with van der Waals surface area (Å²) in [6.07, 6.45) is 0. The lowest BCUT2D eigenvalue weighted by molar-refractivity contribution is 0.661. The summed E-state index contributed by atoms with van der Waals surface area (Å²) in [5.41, 5.74) is 13.8. The fraction of sp³-hybridized carbons (Fsp3) is 0.0588. The molecule has 0 aliphatic heterocycles. The van der Waals surface area contributed by atoms with Gasteiger partial charge >= 0.3 is 0 Å². The third kappa shape index (κ3) is 4.17. The monoisotopic (exact) mass is 702 g/mol. The molecule has 12 rings (SSSR count). The van der Waals surface area contributed by atoms with E-state index in [-0.39, 0.29) is 5.41 Å². The second-order valence-corrected chi connectivity index (χ2v) is 15.4. The van der Waals surface area contributed by atoms with Crippen molar-refractivity contribution in [3.8, 4) is 34.0 Å². The van der Waals surface area contributed by atoms with E-state index in [4.69, 9.17) is 9.97 Å². The van der Waals surface area contributed by atoms with E-state index in [0.717, 1.165) is 38.9 Å². The van der Waals surface area contributed by atoms with Gasteiger partial charge in [-0.25, -0.2) is 9.97 Å². The molecule has 3 heterocycles. The van der Waals surface area contributed by atoms with Gasteiger partial charge < -0.3 is 4.57 Å². The lowest BCUT2D eigenvalue weighted by Crippen LogP contribution is -2.15. The molecular formula is C51H34N4. The molecule has 0 saturated heterocycles. The third-order valence-electron chi connectivity index (χ3n) is 12.1. The van der Waals surface area contributed by atoms with Crippen molar-refractivity contribution in [2.45, 2.75) is 19.3 Å². The minimum absolute atomic E-state index is 0.173. The highest BCUT2D eigenvalue weighted by molar-refractivity contribution is 6.14. The van der Waals surface area contributed by atoms with Crippen LogP contribution in [0.25, 0.3) is 99.3 Å². The molecular weight excluding hydrogens is 669 g/mol. The Labute approximate surface area is 317 Å². The molecule has 0 amide bonds. The van der Waals surface area contributed by atoms with Crippen molar-refractivity contribution in [1.29, 1.82) is 0 Å². The van der Waals surface area contributed by atoms with Crippen molar-refractivity contribution in [2.24, 2.45) is 0 Å². The van der Waals surface area contributed by atoms with Gasteiger partial charge in [0.25, 0.3) is 0 Å². The van der Waals surface area contributed by atoms with Crippen LogP contribution in [-0.4, -0.2) is 19.1 Å². The van der Waals surface area contributed by atoms with Crippen molar-refractivity contribution in [1.82, 2.24) is 19.1 Å². The van der Waals surface area contributed by atoms with E-state index in [0.29, 0.717) is 5.95 Å². The summed E-state index contributed by atoms with van der Waals surface area (Å²) in [6.45, 7) is 4.72. The van der Waals surface area contributed by atoms with Crippen molar-refractivity contribution >= 4 is 65.3 Å². The molecule has 8 aromatic carbocycles. The molecule has 4 heteroatoms. The topological polar surface area (TPSA) is 35.6 Å². The smallest absolute Gasteiger partial charge is 0.235 e. The van der Waals surface area contributed by atoms with Crippen LogP contribution in [0.2, 0.25) is 0 Å². The number of para-hydroxylation sites is 4. The standard InChI is InChI=1S/C51H34N4/c1-51(2)41-26-24-31-14-6-7-17-34(31)48(41)40-29-39-36-19-10-13-23-45(36)55(47(39)30-42(40)51)50-52-43-21-11-8-20-37(43)49(53-50)32-25-27-46-38(28-32)35-18-9-12-22-44(35)54(46)33-15-4-3-5-16-33/h3-30H,1-2H3. The Bertz CT molecular complexity index is 3400. The highest BCUT2D eigenvalue weighted by atomic mass is 15.2. The maximum absolute atomic E-state index is 5.52. The Kier molecular flexibility index (Phi) is 6.09. The molecule has 0 N–H and O–H groups in total. The van der Waals surface area contributed by atoms with Gasteiger partial charge in [0.2, 0.25) is 5.95 Å². The molecule has 0 saturated carbocycles. The van der Waals surface area contributed by atoms with Crippen LogP contribution < -0.4 is 0 Å². The van der Waals surface area contributed by atoms with Crippen LogP contribution in [0.3, 0.4) is 0 Å². The quantitative estimate of drug-likeness (QED) is 0.184. The van der Waals surface area contributed by atoms with Gasteiger partial charge in [-0.2, -0.15) is 0 Å². The van der Waals surface area contributed by atoms with Crippen LogP contribution >= 0.6 is 0 Å². The molecule has 0 radical (unpaired) electrons. The maximum Gasteiger partial charge on any atom is 0.235 e. The zero-order chi connectivity index (χ0) is 36.4. The molecule has 0 bridgehead atoms. The van der Waals surface area contributed by atoms with Crippen LogP contribution in [0, 0.1) is 0 Å². The van der Waals surface area contributed by atoms with Crippen LogP contribution in [-0.2, 0) is 5.41 Å². The van der Waals surface area contributed by atoms with Crippen molar-refractivity contribution < 1.29 is 0 Å². The first-order chi connectivity index (χ1) is 27.0. The van der Waals surface area contributed by atoms with E-state index in [2.05, 4.69) is 193 Å². The Morgan fingerprint density at radius 3 is 1.87 bits per heavy atom. The Morgan fingerprint density at radius 2 is 1.07 bits per heavy atom. The van der Waals surface area contributed by atoms with Crippen LogP contribution in [0.1, 0.15) is 25.0 Å². The van der Waals surface area contributed by atoms with Gasteiger partial charge in [-0.1, -0.05) is 129 Å². The Morgan fingerprint density at radius 1 is 0.436 bits per heavy atom. The average molecular weight is 703 g/mol. The molecule has 0 spiro atoms. The van der Waals surface area contributed by atoms with Crippen LogP contribution in [0.15, 0.2) is 170 Å². The minimum Gasteiger partial charge on any atom is -0.309 e. The fourth-order valence-electron chi connectivity index (χ4n) is 9.54. The molecule has 1 aliphatic carbocycles. The number of hydrogen-bond donors (Lipinski definition) is 0. The summed E-state index contributed by atoms with van der Waals surface area (Å²) in [5, 5.41) is 8.42. The van der Waals surface area contributed by atoms with Crippen LogP contribution in [0.4, 0.5) is 0 Å². The number of hydrogen-bond acceptors (Lipinski definition) is 2. The first-order valence-electron chi connectivity index (χ1n) is 19.0. The minimum atomic E-state index is -0.173. The first-order valence-corrected chi connectivity index (χ1v) is 19.0. The highest BCUT2D eigenvalue weighted by Gasteiger charge is 2.37. The molecule has 258 valence electrons. The molecule has 0 atom stereocenters. The lowest BCUT2D eigenvalue weighted by atomic mass is 9.82. The summed E-state index contributed by atoms with van der Waals surface area (Å²) in [4.78, 5) is 10.8. The first kappa shape index (κ1) is 30.4. The van der Waals surface area contributed by atoms with Crippen molar-refractivity contribution in [2.75, 3.05) is 0 Å². The molecule has 3 aromatic heterocycles. The fourth-order valence-corrected chi connectivity index (χ4v) is 9.54. The zero-order valence-electron chi connectivity index (χ0n) is 30.5. The highest BCUT2D eigenvalue weighted by Crippen LogP contribution is 2.53. The van der Waals surface area contributed by atoms with E-state index in [1.165, 1.54) is 65.6 Å². The molecule has 0 unspecified atom stereocenters. The second-order valence-electron chi connectivity index (χ2n) is 15.4. The second kappa shape index (κ2) is 11.0. The SMILES string of the molecule is CC1(C)c2cc3c(cc2-c2c1ccc1ccccc21)c1ccccc1n3-c1nc(-c2ccc3c(c2)c2ccccc2n3-c2ccccc2)c2ccccc2n1. The van der Waals surface area contributed by atoms with Gasteiger partial charge in [0.05, 0.1) is 33.3 Å². The normalized spacial score (nSPS) is 13.4. The van der Waals surface area contributed by atoms with E-state index in [1.807, 2.05) is 0 Å². The Balaban J connectivity index is 1.12. The molecule has 55 heavy (non-hydrogen) atoms. The van der Waals surface area contributed by atoms with Gasteiger partial charge in [-0.3, -0.25) is 4.57 Å². The molecule has 4 nitrogen and oxygen atoms in total. The van der Waals surface area contributed by atoms with E-state index < -0.39 is 0 Å². The summed E-state index contributed by atoms with van der Waals surface area (Å²) >= 11 is 0. The molecule has 1 aliphatic rings. The zero-order valence-corrected chi connectivity index (χ0v) is 30.5. The number of aromatic nitrogens is 4. The van der Waals surface area contributed by atoms with Crippen LogP contribution in [0.5, 0.6) is 0 Å². The summed E-state index contributed by atoms with van der Waals surface area (Å²) in [7, 11) is 0. The van der Waals surface area contributed by atoms with E-state index >= 15 is 0 Å². The number of fused-ring (bicyclic) bond motifs is 12. The summed E-state index contributed by atoms with van der Waals surface area (Å²) < 4.78 is 4.65. The van der Waals surface area contributed by atoms with Gasteiger partial charge in [0, 0.05) is 43.6 Å². The lowest BCUT2D eigenvalue weighted by Gasteiger charge is -2.22. The number of rotatable bonds is 3. The summed E-state index contributed by atoms with van der Waals surface area (Å²) in [6, 6.07) is 61.5. The predicted molar refractivity (Wildman–Crippen MR) is 229 cm³/mol. The molecule has 11 aromatic rings. The van der Waals surface area contributed by atoms with Crippen molar-refractivity contribution in [3.05, 3.63) is 181 Å². The van der Waals surface area contributed by atoms with Gasteiger partial charge in [-0.05, 0) is 87.6 Å². The van der Waals surface area contributed by atoms with E-state index in [9.17, 15) is 0 Å². The summed E-state index contributed by atoms with van der Waals surface area (Å²) in [5.74, 6) is 0.672. The Hall–Kier alpha value is -7.04. The predicted octanol–water partition coefficient (Wildman–Crippen LogP) is 13.0. The third-order valence-corrected chi connectivity index (χ3v) is 12.1. The largest absolute Gasteiger partial charge is 0.309 e.